The summed E-state index contributed by atoms with van der Waals surface area (Å²) in [5.41, 5.74) is 0. The Kier molecular flexibility index (Phi) is 3.45. The van der Waals surface area contributed by atoms with Crippen LogP contribution in [0.2, 0.25) is 0 Å². The summed E-state index contributed by atoms with van der Waals surface area (Å²) in [5.74, 6) is 2.85. The molecule has 0 aromatic rings. The van der Waals surface area contributed by atoms with E-state index in [0.29, 0.717) is 0 Å². The maximum Gasteiger partial charge on any atom is 0.0223 e. The van der Waals surface area contributed by atoms with Crippen molar-refractivity contribution >= 4 is 0 Å². The van der Waals surface area contributed by atoms with Gasteiger partial charge in [0.05, 0.1) is 0 Å². The smallest absolute Gasteiger partial charge is 0.0223 e. The Morgan fingerprint density at radius 3 is 2.65 bits per heavy atom. The number of nitrogens with zero attached hydrogens (tertiary/aromatic N) is 1. The van der Waals surface area contributed by atoms with Crippen LogP contribution in [0.1, 0.15) is 46.0 Å². The van der Waals surface area contributed by atoms with Crippen LogP contribution in [-0.2, 0) is 0 Å². The zero-order valence-electron chi connectivity index (χ0n) is 11.5. The first kappa shape index (κ1) is 12.0. The average Bonchev–Trinajstić information content (AvgIpc) is 3.17. The molecule has 3 aliphatic rings. The molecule has 0 radical (unpaired) electrons. The van der Waals surface area contributed by atoms with E-state index < -0.39 is 0 Å². The topological polar surface area (TPSA) is 15.3 Å². The molecule has 0 amide bonds. The fourth-order valence-corrected chi connectivity index (χ4v) is 3.99. The minimum atomic E-state index is 0.813. The first-order valence-corrected chi connectivity index (χ1v) is 7.73. The van der Waals surface area contributed by atoms with E-state index in [0.717, 1.165) is 29.8 Å². The van der Waals surface area contributed by atoms with Crippen molar-refractivity contribution in [1.29, 1.82) is 0 Å². The van der Waals surface area contributed by atoms with Gasteiger partial charge in [-0.2, -0.15) is 0 Å². The summed E-state index contributed by atoms with van der Waals surface area (Å²) in [6, 6.07) is 1.69. The average molecular weight is 236 g/mol. The summed E-state index contributed by atoms with van der Waals surface area (Å²) >= 11 is 0. The van der Waals surface area contributed by atoms with Crippen LogP contribution in [0.15, 0.2) is 0 Å². The predicted octanol–water partition coefficient (Wildman–Crippen LogP) is 2.49. The van der Waals surface area contributed by atoms with Crippen LogP contribution in [-0.4, -0.2) is 36.6 Å². The molecular formula is C15H28N2. The zero-order chi connectivity index (χ0) is 11.8. The molecule has 2 saturated carbocycles. The molecule has 4 atom stereocenters. The molecule has 1 aliphatic heterocycles. The van der Waals surface area contributed by atoms with Gasteiger partial charge in [-0.1, -0.05) is 26.7 Å². The molecule has 2 aliphatic carbocycles. The minimum Gasteiger partial charge on any atom is -0.311 e. The van der Waals surface area contributed by atoms with E-state index in [-0.39, 0.29) is 0 Å². The lowest BCUT2D eigenvalue weighted by Crippen LogP contribution is -2.57. The van der Waals surface area contributed by atoms with E-state index in [2.05, 4.69) is 24.1 Å². The summed E-state index contributed by atoms with van der Waals surface area (Å²) in [4.78, 5) is 2.82. The van der Waals surface area contributed by atoms with E-state index in [1.165, 1.54) is 51.7 Å². The van der Waals surface area contributed by atoms with Crippen LogP contribution in [0.25, 0.3) is 0 Å². The molecule has 0 aromatic heterocycles. The van der Waals surface area contributed by atoms with E-state index in [1.54, 1.807) is 0 Å². The van der Waals surface area contributed by atoms with Crippen molar-refractivity contribution in [1.82, 2.24) is 10.2 Å². The van der Waals surface area contributed by atoms with Crippen molar-refractivity contribution in [3.05, 3.63) is 0 Å². The highest BCUT2D eigenvalue weighted by Gasteiger charge is 2.38. The van der Waals surface area contributed by atoms with Gasteiger partial charge >= 0.3 is 0 Å². The molecular weight excluding hydrogens is 208 g/mol. The Morgan fingerprint density at radius 1 is 1.06 bits per heavy atom. The Morgan fingerprint density at radius 2 is 1.88 bits per heavy atom. The van der Waals surface area contributed by atoms with Crippen LogP contribution in [0, 0.1) is 17.8 Å². The Bertz CT molecular complexity index is 262. The predicted molar refractivity (Wildman–Crippen MR) is 72.1 cm³/mol. The number of piperazine rings is 1. The van der Waals surface area contributed by atoms with Gasteiger partial charge in [-0.25, -0.2) is 0 Å². The third-order valence-electron chi connectivity index (χ3n) is 5.56. The highest BCUT2D eigenvalue weighted by Crippen LogP contribution is 2.37. The molecule has 0 aromatic carbocycles. The van der Waals surface area contributed by atoms with Crippen molar-refractivity contribution < 1.29 is 0 Å². The summed E-state index contributed by atoms with van der Waals surface area (Å²) in [5, 5.41) is 3.73. The monoisotopic (exact) mass is 236 g/mol. The van der Waals surface area contributed by atoms with Crippen LogP contribution >= 0.6 is 0 Å². The SMILES string of the molecule is CC1CCCC(N2CCNC(C3CC3)C2)C1C. The second-order valence-corrected chi connectivity index (χ2v) is 6.73. The quantitative estimate of drug-likeness (QED) is 0.792. The highest BCUT2D eigenvalue weighted by molar-refractivity contribution is 4.94. The maximum atomic E-state index is 3.73. The Balaban J connectivity index is 1.61. The Hall–Kier alpha value is -0.0800. The number of nitrogens with one attached hydrogen (secondary N) is 1. The van der Waals surface area contributed by atoms with Gasteiger partial charge < -0.3 is 5.32 Å². The van der Waals surface area contributed by atoms with Crippen LogP contribution < -0.4 is 5.32 Å². The van der Waals surface area contributed by atoms with E-state index >= 15 is 0 Å². The van der Waals surface area contributed by atoms with Gasteiger partial charge in [0.2, 0.25) is 0 Å². The molecule has 17 heavy (non-hydrogen) atoms. The van der Waals surface area contributed by atoms with Gasteiger partial charge in [0.1, 0.15) is 0 Å². The zero-order valence-corrected chi connectivity index (χ0v) is 11.5. The molecule has 0 bridgehead atoms. The molecule has 1 heterocycles. The van der Waals surface area contributed by atoms with E-state index in [4.69, 9.17) is 0 Å². The van der Waals surface area contributed by atoms with Crippen molar-refractivity contribution in [3.63, 3.8) is 0 Å². The maximum absolute atomic E-state index is 3.73. The second kappa shape index (κ2) is 4.89. The van der Waals surface area contributed by atoms with Crippen LogP contribution in [0.4, 0.5) is 0 Å². The molecule has 3 fully saturated rings. The van der Waals surface area contributed by atoms with Crippen LogP contribution in [0.3, 0.4) is 0 Å². The fourth-order valence-electron chi connectivity index (χ4n) is 3.99. The number of hydrogen-bond acceptors (Lipinski definition) is 2. The van der Waals surface area contributed by atoms with Crippen molar-refractivity contribution in [3.8, 4) is 0 Å². The van der Waals surface area contributed by atoms with Crippen molar-refractivity contribution in [2.45, 2.75) is 58.0 Å². The lowest BCUT2D eigenvalue weighted by atomic mass is 9.77. The number of rotatable bonds is 2. The van der Waals surface area contributed by atoms with Gasteiger partial charge in [-0.3, -0.25) is 4.90 Å². The fraction of sp³-hybridized carbons (Fsp3) is 1.00. The molecule has 0 spiro atoms. The highest BCUT2D eigenvalue weighted by atomic mass is 15.2. The van der Waals surface area contributed by atoms with E-state index in [9.17, 15) is 0 Å². The normalized spacial score (nSPS) is 44.8. The molecule has 3 rings (SSSR count). The standard InChI is InChI=1S/C15H28N2/c1-11-4-3-5-15(12(11)2)17-9-8-16-14(10-17)13-6-7-13/h11-16H,3-10H2,1-2H3. The molecule has 2 heteroatoms. The van der Waals surface area contributed by atoms with E-state index in [1.807, 2.05) is 0 Å². The largest absolute Gasteiger partial charge is 0.311 e. The third-order valence-corrected chi connectivity index (χ3v) is 5.56. The second-order valence-electron chi connectivity index (χ2n) is 6.73. The number of hydrogen-bond donors (Lipinski definition) is 1. The summed E-state index contributed by atoms with van der Waals surface area (Å²) in [7, 11) is 0. The molecule has 2 nitrogen and oxygen atoms in total. The molecule has 1 N–H and O–H groups in total. The molecule has 4 unspecified atom stereocenters. The van der Waals surface area contributed by atoms with Crippen LogP contribution in [0.5, 0.6) is 0 Å². The van der Waals surface area contributed by atoms with Gasteiger partial charge in [-0.15, -0.1) is 0 Å². The lowest BCUT2D eigenvalue weighted by molar-refractivity contribution is 0.0542. The Labute approximate surface area is 106 Å². The summed E-state index contributed by atoms with van der Waals surface area (Å²) in [6.45, 7) is 8.77. The van der Waals surface area contributed by atoms with Gasteiger partial charge in [0.15, 0.2) is 0 Å². The summed E-state index contributed by atoms with van der Waals surface area (Å²) < 4.78 is 0. The molecule has 98 valence electrons. The summed E-state index contributed by atoms with van der Waals surface area (Å²) in [6.07, 6.45) is 7.30. The van der Waals surface area contributed by atoms with Crippen molar-refractivity contribution in [2.75, 3.05) is 19.6 Å². The first-order valence-electron chi connectivity index (χ1n) is 7.73. The third kappa shape index (κ3) is 2.53. The first-order chi connectivity index (χ1) is 8.25. The molecule has 1 saturated heterocycles. The van der Waals surface area contributed by atoms with Gasteiger partial charge in [0.25, 0.3) is 0 Å². The van der Waals surface area contributed by atoms with Crippen molar-refractivity contribution in [2.24, 2.45) is 17.8 Å². The van der Waals surface area contributed by atoms with Gasteiger partial charge in [0, 0.05) is 31.7 Å². The minimum absolute atomic E-state index is 0.813. The van der Waals surface area contributed by atoms with Gasteiger partial charge in [-0.05, 0) is 37.0 Å². The lowest BCUT2D eigenvalue weighted by Gasteiger charge is -2.45.